The predicted molar refractivity (Wildman–Crippen MR) is 83.2 cm³/mol. The Bertz CT molecular complexity index is 760. The number of amides is 2. The van der Waals surface area contributed by atoms with Crippen molar-refractivity contribution in [2.24, 2.45) is 5.73 Å². The molecule has 0 saturated heterocycles. The third-order valence-electron chi connectivity index (χ3n) is 3.14. The van der Waals surface area contributed by atoms with E-state index in [1.54, 1.807) is 19.2 Å². The van der Waals surface area contributed by atoms with E-state index in [1.807, 2.05) is 0 Å². The highest BCUT2D eigenvalue weighted by Crippen LogP contribution is 2.21. The van der Waals surface area contributed by atoms with Crippen molar-refractivity contribution in [1.29, 1.82) is 0 Å². The van der Waals surface area contributed by atoms with Crippen LogP contribution in [0.1, 0.15) is 44.7 Å². The number of aryl methyl sites for hydroxylation is 1. The second kappa shape index (κ2) is 6.10. The van der Waals surface area contributed by atoms with Gasteiger partial charge >= 0.3 is 0 Å². The predicted octanol–water partition coefficient (Wildman–Crippen LogP) is 1.57. The standard InChI is InChI=1S/C14H16N4O3S/c1-6-11(8(3)19)7(2)16-12(6)13(21)18-14-17-9(5-22-14)4-10(15)20/h5,16H,4H2,1-3H3,(H2,15,20)(H,17,18,21). The van der Waals surface area contributed by atoms with Gasteiger partial charge in [0.2, 0.25) is 5.91 Å². The van der Waals surface area contributed by atoms with Gasteiger partial charge in [0.1, 0.15) is 5.69 Å². The quantitative estimate of drug-likeness (QED) is 0.725. The Labute approximate surface area is 130 Å². The van der Waals surface area contributed by atoms with E-state index in [1.165, 1.54) is 18.3 Å². The summed E-state index contributed by atoms with van der Waals surface area (Å²) < 4.78 is 0. The van der Waals surface area contributed by atoms with Gasteiger partial charge in [-0.05, 0) is 26.3 Å². The summed E-state index contributed by atoms with van der Waals surface area (Å²) >= 11 is 1.21. The number of hydrogen-bond donors (Lipinski definition) is 3. The van der Waals surface area contributed by atoms with Crippen LogP contribution in [-0.2, 0) is 11.2 Å². The SMILES string of the molecule is CC(=O)c1c(C)[nH]c(C(=O)Nc2nc(CC(N)=O)cs2)c1C. The van der Waals surface area contributed by atoms with Crippen LogP contribution in [0.15, 0.2) is 5.38 Å². The van der Waals surface area contributed by atoms with Gasteiger partial charge in [0.05, 0.1) is 12.1 Å². The van der Waals surface area contributed by atoms with E-state index in [0.29, 0.717) is 33.3 Å². The van der Waals surface area contributed by atoms with Crippen LogP contribution < -0.4 is 11.1 Å². The molecule has 0 aliphatic carbocycles. The molecular formula is C14H16N4O3S. The molecule has 0 aromatic carbocycles. The van der Waals surface area contributed by atoms with E-state index in [-0.39, 0.29) is 18.1 Å². The Morgan fingerprint density at radius 1 is 1.36 bits per heavy atom. The smallest absolute Gasteiger partial charge is 0.274 e. The topological polar surface area (TPSA) is 118 Å². The molecule has 0 aliphatic rings. The Kier molecular flexibility index (Phi) is 4.41. The van der Waals surface area contributed by atoms with Crippen molar-refractivity contribution in [1.82, 2.24) is 9.97 Å². The molecule has 0 saturated carbocycles. The van der Waals surface area contributed by atoms with Crippen LogP contribution in [0.5, 0.6) is 0 Å². The van der Waals surface area contributed by atoms with Crippen molar-refractivity contribution in [2.75, 3.05) is 5.32 Å². The van der Waals surface area contributed by atoms with Crippen LogP contribution in [0, 0.1) is 13.8 Å². The number of Topliss-reactive ketones (excluding diaryl/α,β-unsaturated/α-hetero) is 1. The van der Waals surface area contributed by atoms with Gasteiger partial charge < -0.3 is 10.7 Å². The van der Waals surface area contributed by atoms with E-state index in [9.17, 15) is 14.4 Å². The molecule has 22 heavy (non-hydrogen) atoms. The van der Waals surface area contributed by atoms with E-state index in [2.05, 4.69) is 15.3 Å². The molecule has 0 fully saturated rings. The molecule has 0 unspecified atom stereocenters. The zero-order chi connectivity index (χ0) is 16.4. The maximum Gasteiger partial charge on any atom is 0.274 e. The molecule has 0 atom stereocenters. The number of rotatable bonds is 5. The fourth-order valence-corrected chi connectivity index (χ4v) is 2.99. The fraction of sp³-hybridized carbons (Fsp3) is 0.286. The Hall–Kier alpha value is -2.48. The van der Waals surface area contributed by atoms with Gasteiger partial charge in [-0.15, -0.1) is 11.3 Å². The maximum absolute atomic E-state index is 12.3. The number of hydrogen-bond acceptors (Lipinski definition) is 5. The average Bonchev–Trinajstić information content (AvgIpc) is 2.93. The molecule has 4 N–H and O–H groups in total. The molecule has 0 radical (unpaired) electrons. The van der Waals surface area contributed by atoms with E-state index in [0.717, 1.165) is 0 Å². The number of anilines is 1. The second-order valence-corrected chi connectivity index (χ2v) is 5.78. The number of aromatic nitrogens is 2. The number of primary amides is 1. The number of nitrogens with one attached hydrogen (secondary N) is 2. The summed E-state index contributed by atoms with van der Waals surface area (Å²) in [5.41, 5.74) is 7.72. The van der Waals surface area contributed by atoms with Gasteiger partial charge in [-0.1, -0.05) is 0 Å². The molecule has 2 rings (SSSR count). The maximum atomic E-state index is 12.3. The van der Waals surface area contributed by atoms with Crippen LogP contribution in [-0.4, -0.2) is 27.6 Å². The Balaban J connectivity index is 2.19. The number of carbonyl (C=O) groups is 3. The summed E-state index contributed by atoms with van der Waals surface area (Å²) in [4.78, 5) is 41.7. The van der Waals surface area contributed by atoms with E-state index < -0.39 is 5.91 Å². The number of carbonyl (C=O) groups excluding carboxylic acids is 3. The molecule has 116 valence electrons. The average molecular weight is 320 g/mol. The van der Waals surface area contributed by atoms with Gasteiger partial charge in [0, 0.05) is 16.6 Å². The second-order valence-electron chi connectivity index (χ2n) is 4.92. The van der Waals surface area contributed by atoms with Gasteiger partial charge in [-0.25, -0.2) is 4.98 Å². The lowest BCUT2D eigenvalue weighted by Gasteiger charge is -2.01. The van der Waals surface area contributed by atoms with Crippen LogP contribution in [0.3, 0.4) is 0 Å². The van der Waals surface area contributed by atoms with Crippen molar-refractivity contribution in [3.05, 3.63) is 33.6 Å². The summed E-state index contributed by atoms with van der Waals surface area (Å²) in [6.07, 6.45) is 0.0293. The number of aromatic amines is 1. The van der Waals surface area contributed by atoms with Crippen molar-refractivity contribution in [3.8, 4) is 0 Å². The summed E-state index contributed by atoms with van der Waals surface area (Å²) in [5.74, 6) is -0.957. The molecule has 2 amide bonds. The summed E-state index contributed by atoms with van der Waals surface area (Å²) in [6.45, 7) is 4.92. The lowest BCUT2D eigenvalue weighted by Crippen LogP contribution is -2.15. The molecule has 2 aromatic rings. The molecule has 8 heteroatoms. The summed E-state index contributed by atoms with van der Waals surface area (Å²) in [5, 5.41) is 4.68. The van der Waals surface area contributed by atoms with Gasteiger partial charge in [0.15, 0.2) is 10.9 Å². The molecule has 0 aliphatic heterocycles. The van der Waals surface area contributed by atoms with Crippen LogP contribution in [0.2, 0.25) is 0 Å². The van der Waals surface area contributed by atoms with E-state index in [4.69, 9.17) is 5.73 Å². The lowest BCUT2D eigenvalue weighted by atomic mass is 10.1. The number of thiazole rings is 1. The molecule has 0 bridgehead atoms. The highest BCUT2D eigenvalue weighted by atomic mass is 32.1. The normalized spacial score (nSPS) is 10.5. The van der Waals surface area contributed by atoms with Crippen molar-refractivity contribution < 1.29 is 14.4 Å². The first-order valence-electron chi connectivity index (χ1n) is 6.53. The van der Waals surface area contributed by atoms with Crippen molar-refractivity contribution in [2.45, 2.75) is 27.2 Å². The van der Waals surface area contributed by atoms with Crippen LogP contribution in [0.4, 0.5) is 5.13 Å². The highest BCUT2D eigenvalue weighted by molar-refractivity contribution is 7.14. The first kappa shape index (κ1) is 15.9. The molecule has 0 spiro atoms. The van der Waals surface area contributed by atoms with Crippen molar-refractivity contribution >= 4 is 34.1 Å². The van der Waals surface area contributed by atoms with Gasteiger partial charge in [-0.2, -0.15) is 0 Å². The molecule has 2 heterocycles. The minimum atomic E-state index is -0.481. The first-order chi connectivity index (χ1) is 10.3. The monoisotopic (exact) mass is 320 g/mol. The molecule has 2 aromatic heterocycles. The summed E-state index contributed by atoms with van der Waals surface area (Å²) in [7, 11) is 0. The Morgan fingerprint density at radius 2 is 2.05 bits per heavy atom. The van der Waals surface area contributed by atoms with Crippen LogP contribution >= 0.6 is 11.3 Å². The largest absolute Gasteiger partial charge is 0.369 e. The van der Waals surface area contributed by atoms with Crippen LogP contribution in [0.25, 0.3) is 0 Å². The van der Waals surface area contributed by atoms with Crippen molar-refractivity contribution in [3.63, 3.8) is 0 Å². The molecular weight excluding hydrogens is 304 g/mol. The number of nitrogens with two attached hydrogens (primary N) is 1. The minimum Gasteiger partial charge on any atom is -0.369 e. The first-order valence-corrected chi connectivity index (χ1v) is 7.41. The number of nitrogens with zero attached hydrogens (tertiary/aromatic N) is 1. The minimum absolute atomic E-state index is 0.0293. The van der Waals surface area contributed by atoms with Gasteiger partial charge in [-0.3, -0.25) is 19.7 Å². The fourth-order valence-electron chi connectivity index (χ4n) is 2.29. The third kappa shape index (κ3) is 3.22. The Morgan fingerprint density at radius 3 is 2.59 bits per heavy atom. The number of H-pyrrole nitrogens is 1. The highest BCUT2D eigenvalue weighted by Gasteiger charge is 2.20. The number of ketones is 1. The third-order valence-corrected chi connectivity index (χ3v) is 3.95. The van der Waals surface area contributed by atoms with Gasteiger partial charge in [0.25, 0.3) is 5.91 Å². The molecule has 7 nitrogen and oxygen atoms in total. The lowest BCUT2D eigenvalue weighted by molar-refractivity contribution is -0.117. The summed E-state index contributed by atoms with van der Waals surface area (Å²) in [6, 6.07) is 0. The zero-order valence-electron chi connectivity index (χ0n) is 12.4. The van der Waals surface area contributed by atoms with E-state index >= 15 is 0 Å². The zero-order valence-corrected chi connectivity index (χ0v) is 13.3.